The maximum atomic E-state index is 13.2. The third-order valence-corrected chi connectivity index (χ3v) is 5.45. The Morgan fingerprint density at radius 3 is 2.58 bits per heavy atom. The summed E-state index contributed by atoms with van der Waals surface area (Å²) in [6.07, 6.45) is 3.47. The Labute approximate surface area is 186 Å². The van der Waals surface area contributed by atoms with Crippen LogP contribution in [-0.2, 0) is 13.1 Å². The van der Waals surface area contributed by atoms with E-state index in [1.54, 1.807) is 17.3 Å². The van der Waals surface area contributed by atoms with E-state index in [1.165, 1.54) is 0 Å². The van der Waals surface area contributed by atoms with E-state index in [0.29, 0.717) is 18.2 Å². The fraction of sp³-hybridized carbons (Fsp3) is 0.160. The van der Waals surface area contributed by atoms with Crippen LogP contribution in [0.15, 0.2) is 73.1 Å². The molecule has 4 aromatic rings. The number of fused-ring (bicyclic) bond motifs is 1. The lowest BCUT2D eigenvalue weighted by atomic mass is 10.1. The van der Waals surface area contributed by atoms with Crippen molar-refractivity contribution >= 4 is 34.2 Å². The quantitative estimate of drug-likeness (QED) is 0.387. The third kappa shape index (κ3) is 5.01. The lowest BCUT2D eigenvalue weighted by Gasteiger charge is -2.24. The molecule has 0 aliphatic carbocycles. The van der Waals surface area contributed by atoms with E-state index >= 15 is 0 Å². The topological polar surface area (TPSA) is 58.1 Å². The number of nitrogens with one attached hydrogen (secondary N) is 1. The highest BCUT2D eigenvalue weighted by atomic mass is 35.5. The molecule has 0 unspecified atom stereocenters. The second-order valence-electron chi connectivity index (χ2n) is 7.60. The standard InChI is InChI=1S/C25H23ClN4O/c1-17-8-10-22(11-9-17)28-25(31)30(15-19-6-4-12-27-14-19)16-21-13-20-7-3-5-18(2)23(20)29-24(21)26/h3-14H,15-16H2,1-2H3,(H,28,31). The molecule has 0 bridgehead atoms. The van der Waals surface area contributed by atoms with E-state index in [1.807, 2.05) is 74.5 Å². The maximum absolute atomic E-state index is 13.2. The number of hydrogen-bond acceptors (Lipinski definition) is 3. The molecule has 0 atom stereocenters. The number of halogens is 1. The average Bonchev–Trinajstić information content (AvgIpc) is 2.77. The van der Waals surface area contributed by atoms with Crippen LogP contribution in [0.5, 0.6) is 0 Å². The third-order valence-electron chi connectivity index (χ3n) is 5.12. The first kappa shape index (κ1) is 20.8. The van der Waals surface area contributed by atoms with Crippen LogP contribution in [0.3, 0.4) is 0 Å². The van der Waals surface area contributed by atoms with Crippen molar-refractivity contribution in [2.24, 2.45) is 0 Å². The van der Waals surface area contributed by atoms with Crippen molar-refractivity contribution in [1.82, 2.24) is 14.9 Å². The molecular weight excluding hydrogens is 408 g/mol. The van der Waals surface area contributed by atoms with Gasteiger partial charge in [0.25, 0.3) is 0 Å². The highest BCUT2D eigenvalue weighted by Crippen LogP contribution is 2.25. The fourth-order valence-electron chi connectivity index (χ4n) is 3.44. The molecule has 1 N–H and O–H groups in total. The summed E-state index contributed by atoms with van der Waals surface area (Å²) in [5.74, 6) is 0. The molecule has 0 aliphatic rings. The molecule has 0 radical (unpaired) electrons. The molecule has 2 amide bonds. The zero-order chi connectivity index (χ0) is 21.8. The van der Waals surface area contributed by atoms with Gasteiger partial charge in [0.15, 0.2) is 0 Å². The van der Waals surface area contributed by atoms with Crippen molar-refractivity contribution in [3.63, 3.8) is 0 Å². The fourth-order valence-corrected chi connectivity index (χ4v) is 3.63. The van der Waals surface area contributed by atoms with Gasteiger partial charge in [-0.3, -0.25) is 4.98 Å². The van der Waals surface area contributed by atoms with Gasteiger partial charge in [-0.1, -0.05) is 53.6 Å². The average molecular weight is 431 g/mol. The number of amides is 2. The molecule has 0 saturated carbocycles. The largest absolute Gasteiger partial charge is 0.322 e. The van der Waals surface area contributed by atoms with Crippen molar-refractivity contribution in [2.45, 2.75) is 26.9 Å². The number of benzene rings is 2. The van der Waals surface area contributed by atoms with E-state index in [0.717, 1.165) is 38.8 Å². The maximum Gasteiger partial charge on any atom is 0.322 e. The van der Waals surface area contributed by atoms with E-state index < -0.39 is 0 Å². The van der Waals surface area contributed by atoms with Crippen LogP contribution in [0.1, 0.15) is 22.3 Å². The van der Waals surface area contributed by atoms with Crippen LogP contribution in [0.2, 0.25) is 5.15 Å². The van der Waals surface area contributed by atoms with Gasteiger partial charge >= 0.3 is 6.03 Å². The van der Waals surface area contributed by atoms with E-state index in [9.17, 15) is 4.79 Å². The van der Waals surface area contributed by atoms with Crippen molar-refractivity contribution < 1.29 is 4.79 Å². The van der Waals surface area contributed by atoms with Crippen LogP contribution in [0, 0.1) is 13.8 Å². The van der Waals surface area contributed by atoms with Crippen LogP contribution in [0.4, 0.5) is 10.5 Å². The number of anilines is 1. The summed E-state index contributed by atoms with van der Waals surface area (Å²) >= 11 is 6.52. The molecule has 4 rings (SSSR count). The van der Waals surface area contributed by atoms with Gasteiger partial charge in [-0.2, -0.15) is 0 Å². The first-order chi connectivity index (χ1) is 15.0. The number of aromatic nitrogens is 2. The summed E-state index contributed by atoms with van der Waals surface area (Å²) in [4.78, 5) is 23.6. The first-order valence-corrected chi connectivity index (χ1v) is 10.4. The highest BCUT2D eigenvalue weighted by Gasteiger charge is 2.18. The van der Waals surface area contributed by atoms with Crippen molar-refractivity contribution in [3.05, 3.63) is 100 Å². The Morgan fingerprint density at radius 1 is 1.03 bits per heavy atom. The minimum absolute atomic E-state index is 0.215. The number of carbonyl (C=O) groups is 1. The normalized spacial score (nSPS) is 10.8. The number of hydrogen-bond donors (Lipinski definition) is 1. The molecule has 0 fully saturated rings. The number of rotatable bonds is 5. The minimum atomic E-state index is -0.215. The number of carbonyl (C=O) groups excluding carboxylic acids is 1. The molecule has 6 heteroatoms. The molecule has 5 nitrogen and oxygen atoms in total. The molecule has 0 spiro atoms. The zero-order valence-electron chi connectivity index (χ0n) is 17.5. The van der Waals surface area contributed by atoms with Crippen LogP contribution in [-0.4, -0.2) is 20.9 Å². The van der Waals surface area contributed by atoms with Crippen LogP contribution < -0.4 is 5.32 Å². The number of aryl methyl sites for hydroxylation is 2. The Kier molecular flexibility index (Phi) is 6.14. The summed E-state index contributed by atoms with van der Waals surface area (Å²) in [7, 11) is 0. The molecular formula is C25H23ClN4O. The summed E-state index contributed by atoms with van der Waals surface area (Å²) in [5, 5.41) is 4.38. The lowest BCUT2D eigenvalue weighted by molar-refractivity contribution is 0.206. The SMILES string of the molecule is Cc1ccc(NC(=O)N(Cc2cccnc2)Cc2cc3cccc(C)c3nc2Cl)cc1. The first-order valence-electron chi connectivity index (χ1n) is 10.1. The van der Waals surface area contributed by atoms with E-state index in [4.69, 9.17) is 11.6 Å². The van der Waals surface area contributed by atoms with Crippen molar-refractivity contribution in [1.29, 1.82) is 0 Å². The Hall–Kier alpha value is -3.44. The van der Waals surface area contributed by atoms with Gasteiger partial charge in [-0.25, -0.2) is 9.78 Å². The summed E-state index contributed by atoms with van der Waals surface area (Å²) in [6, 6.07) is 19.3. The molecule has 31 heavy (non-hydrogen) atoms. The summed E-state index contributed by atoms with van der Waals surface area (Å²) < 4.78 is 0. The van der Waals surface area contributed by atoms with Gasteiger partial charge in [0, 0.05) is 35.6 Å². The van der Waals surface area contributed by atoms with Crippen molar-refractivity contribution in [3.8, 4) is 0 Å². The molecule has 156 valence electrons. The Bertz CT molecular complexity index is 1210. The lowest BCUT2D eigenvalue weighted by Crippen LogP contribution is -2.34. The number of pyridine rings is 2. The molecule has 2 aromatic carbocycles. The van der Waals surface area contributed by atoms with Gasteiger partial charge in [-0.15, -0.1) is 0 Å². The minimum Gasteiger partial charge on any atom is -0.316 e. The van der Waals surface area contributed by atoms with Crippen LogP contribution >= 0.6 is 11.6 Å². The van der Waals surface area contributed by atoms with E-state index in [2.05, 4.69) is 15.3 Å². The second kappa shape index (κ2) is 9.14. The van der Waals surface area contributed by atoms with Gasteiger partial charge in [0.1, 0.15) is 5.15 Å². The second-order valence-corrected chi connectivity index (χ2v) is 7.96. The summed E-state index contributed by atoms with van der Waals surface area (Å²) in [5.41, 5.74) is 5.54. The Morgan fingerprint density at radius 2 is 1.84 bits per heavy atom. The monoisotopic (exact) mass is 430 g/mol. The van der Waals surface area contributed by atoms with Gasteiger partial charge < -0.3 is 10.2 Å². The van der Waals surface area contributed by atoms with Crippen molar-refractivity contribution in [2.75, 3.05) is 5.32 Å². The number of nitrogens with zero attached hydrogens (tertiary/aromatic N) is 3. The van der Waals surface area contributed by atoms with Crippen LogP contribution in [0.25, 0.3) is 10.9 Å². The Balaban J connectivity index is 1.64. The predicted molar refractivity (Wildman–Crippen MR) is 125 cm³/mol. The zero-order valence-corrected chi connectivity index (χ0v) is 18.2. The van der Waals surface area contributed by atoms with Gasteiger partial charge in [0.2, 0.25) is 0 Å². The molecule has 2 aromatic heterocycles. The van der Waals surface area contributed by atoms with Gasteiger partial charge in [-0.05, 0) is 49.2 Å². The predicted octanol–water partition coefficient (Wildman–Crippen LogP) is 6.13. The highest BCUT2D eigenvalue weighted by molar-refractivity contribution is 6.30. The molecule has 0 saturated heterocycles. The molecule has 2 heterocycles. The molecule has 0 aliphatic heterocycles. The smallest absolute Gasteiger partial charge is 0.316 e. The number of urea groups is 1. The summed E-state index contributed by atoms with van der Waals surface area (Å²) in [6.45, 7) is 4.74. The van der Waals surface area contributed by atoms with Gasteiger partial charge in [0.05, 0.1) is 12.1 Å². The van der Waals surface area contributed by atoms with E-state index in [-0.39, 0.29) is 6.03 Å². The number of para-hydroxylation sites is 1.